The number of unbranched alkanes of at least 4 members (excludes halogenated alkanes) is 1. The number of halogens is 1. The number of nitrogen functional groups attached to an aromatic ring is 1. The van der Waals surface area contributed by atoms with Crippen molar-refractivity contribution < 1.29 is 23.8 Å². The molecule has 4 aliphatic rings. The zero-order valence-electron chi connectivity index (χ0n) is 20.5. The average molecular weight is 509 g/mol. The number of ether oxygens (including phenoxy) is 3. The second kappa shape index (κ2) is 12.3. The molecule has 4 heterocycles. The first kappa shape index (κ1) is 26.0. The lowest BCUT2D eigenvalue weighted by Gasteiger charge is -2.43. The van der Waals surface area contributed by atoms with Gasteiger partial charge in [0.05, 0.1) is 36.1 Å². The van der Waals surface area contributed by atoms with Gasteiger partial charge in [-0.05, 0) is 57.3 Å². The molecule has 35 heavy (non-hydrogen) atoms. The van der Waals surface area contributed by atoms with Crippen LogP contribution < -0.4 is 15.8 Å². The molecule has 9 nitrogen and oxygen atoms in total. The Morgan fingerprint density at radius 2 is 2.00 bits per heavy atom. The van der Waals surface area contributed by atoms with Crippen LogP contribution in [0.2, 0.25) is 5.02 Å². The van der Waals surface area contributed by atoms with Crippen molar-refractivity contribution in [3.05, 3.63) is 22.7 Å². The third kappa shape index (κ3) is 7.00. The van der Waals surface area contributed by atoms with Crippen LogP contribution in [-0.4, -0.2) is 93.4 Å². The first-order chi connectivity index (χ1) is 16.9. The van der Waals surface area contributed by atoms with E-state index in [9.17, 15) is 9.59 Å². The zero-order chi connectivity index (χ0) is 24.8. The van der Waals surface area contributed by atoms with Crippen molar-refractivity contribution in [2.24, 2.45) is 5.92 Å². The van der Waals surface area contributed by atoms with E-state index in [1.165, 1.54) is 13.2 Å². The number of nitrogens with one attached hydrogen (secondary N) is 1. The lowest BCUT2D eigenvalue weighted by molar-refractivity contribution is -0.158. The van der Waals surface area contributed by atoms with Gasteiger partial charge in [0.2, 0.25) is 0 Å². The molecule has 1 aromatic carbocycles. The number of rotatable bonds is 10. The summed E-state index contributed by atoms with van der Waals surface area (Å²) in [5.74, 6) is 0.575. The van der Waals surface area contributed by atoms with Crippen LogP contribution in [0, 0.1) is 5.92 Å². The molecule has 4 aliphatic heterocycles. The van der Waals surface area contributed by atoms with Gasteiger partial charge in [-0.3, -0.25) is 19.4 Å². The van der Waals surface area contributed by atoms with Crippen molar-refractivity contribution in [2.45, 2.75) is 44.3 Å². The third-order valence-corrected chi connectivity index (χ3v) is 7.59. The van der Waals surface area contributed by atoms with Crippen LogP contribution in [0.4, 0.5) is 5.69 Å². The van der Waals surface area contributed by atoms with Crippen LogP contribution in [-0.2, 0) is 14.3 Å². The number of fused-ring (bicyclic) bond motifs is 3. The summed E-state index contributed by atoms with van der Waals surface area (Å²) in [6.07, 6.45) is 4.50. The highest BCUT2D eigenvalue weighted by atomic mass is 35.5. The van der Waals surface area contributed by atoms with Gasteiger partial charge in [0.15, 0.2) is 0 Å². The minimum absolute atomic E-state index is 0.0653. The molecule has 4 saturated heterocycles. The molecule has 3 N–H and O–H groups in total. The Hall–Kier alpha value is -2.07. The van der Waals surface area contributed by atoms with E-state index in [-0.39, 0.29) is 24.1 Å². The molecule has 2 bridgehead atoms. The monoisotopic (exact) mass is 508 g/mol. The van der Waals surface area contributed by atoms with E-state index in [2.05, 4.69) is 15.1 Å². The summed E-state index contributed by atoms with van der Waals surface area (Å²) < 4.78 is 16.9. The SMILES string of the molecule is COc1cc(N)c(Cl)cc1C(=O)NC[C@@H]1CN(CCCCC(=O)OC2CN3CCC2CC3)CCO1. The van der Waals surface area contributed by atoms with E-state index in [4.69, 9.17) is 31.5 Å². The summed E-state index contributed by atoms with van der Waals surface area (Å²) in [5.41, 5.74) is 6.49. The smallest absolute Gasteiger partial charge is 0.306 e. The standard InChI is InChI=1S/C25H37ClN4O5/c1-33-22-13-21(27)20(26)12-19(22)25(32)28-14-18-15-29(10-11-34-18)7-3-2-4-24(31)35-23-16-30-8-5-17(23)6-9-30/h12-13,17-18,23H,2-11,14-16,27H2,1H3,(H,28,32)/t18-,23?/m1/s1. The van der Waals surface area contributed by atoms with Crippen LogP contribution >= 0.6 is 11.6 Å². The number of esters is 1. The van der Waals surface area contributed by atoms with Gasteiger partial charge in [-0.15, -0.1) is 0 Å². The maximum absolute atomic E-state index is 12.7. The highest BCUT2D eigenvalue weighted by Gasteiger charge is 2.36. The summed E-state index contributed by atoms with van der Waals surface area (Å²) in [6, 6.07) is 3.06. The van der Waals surface area contributed by atoms with Crippen LogP contribution in [0.15, 0.2) is 12.1 Å². The molecule has 0 saturated carbocycles. The maximum Gasteiger partial charge on any atom is 0.306 e. The second-order valence-electron chi connectivity index (χ2n) is 9.70. The Morgan fingerprint density at radius 3 is 2.71 bits per heavy atom. The van der Waals surface area contributed by atoms with Gasteiger partial charge in [-0.25, -0.2) is 0 Å². The van der Waals surface area contributed by atoms with E-state index in [0.717, 1.165) is 65.0 Å². The van der Waals surface area contributed by atoms with Gasteiger partial charge in [0.1, 0.15) is 11.9 Å². The molecule has 5 rings (SSSR count). The van der Waals surface area contributed by atoms with Gasteiger partial charge >= 0.3 is 5.97 Å². The van der Waals surface area contributed by atoms with Crippen molar-refractivity contribution in [2.75, 3.05) is 65.3 Å². The van der Waals surface area contributed by atoms with Gasteiger partial charge < -0.3 is 25.3 Å². The maximum atomic E-state index is 12.7. The molecule has 2 atom stereocenters. The Labute approximate surface area is 212 Å². The fraction of sp³-hybridized carbons (Fsp3) is 0.680. The van der Waals surface area contributed by atoms with Crippen molar-refractivity contribution in [3.63, 3.8) is 0 Å². The third-order valence-electron chi connectivity index (χ3n) is 7.26. The minimum atomic E-state index is -0.286. The van der Waals surface area contributed by atoms with Gasteiger partial charge in [-0.2, -0.15) is 0 Å². The van der Waals surface area contributed by atoms with Crippen LogP contribution in [0.3, 0.4) is 0 Å². The number of benzene rings is 1. The first-order valence-corrected chi connectivity index (χ1v) is 13.0. The quantitative estimate of drug-likeness (QED) is 0.281. The molecule has 194 valence electrons. The van der Waals surface area contributed by atoms with E-state index in [1.54, 1.807) is 6.07 Å². The van der Waals surface area contributed by atoms with Crippen molar-refractivity contribution >= 4 is 29.2 Å². The summed E-state index contributed by atoms with van der Waals surface area (Å²) in [7, 11) is 1.49. The topological polar surface area (TPSA) is 106 Å². The summed E-state index contributed by atoms with van der Waals surface area (Å²) in [6.45, 7) is 6.65. The first-order valence-electron chi connectivity index (χ1n) is 12.6. The summed E-state index contributed by atoms with van der Waals surface area (Å²) in [5, 5.41) is 3.22. The summed E-state index contributed by atoms with van der Waals surface area (Å²) in [4.78, 5) is 29.7. The molecule has 1 aromatic rings. The normalized spacial score (nSPS) is 26.3. The number of nitrogens with zero attached hydrogens (tertiary/aromatic N) is 2. The van der Waals surface area contributed by atoms with Crippen LogP contribution in [0.25, 0.3) is 0 Å². The summed E-state index contributed by atoms with van der Waals surface area (Å²) >= 11 is 6.08. The zero-order valence-corrected chi connectivity index (χ0v) is 21.2. The lowest BCUT2D eigenvalue weighted by atomic mass is 9.86. The Bertz CT molecular complexity index is 893. The number of methoxy groups -OCH3 is 1. The number of nitrogens with two attached hydrogens (primary N) is 1. The van der Waals surface area contributed by atoms with Crippen molar-refractivity contribution in [1.29, 1.82) is 0 Å². The van der Waals surface area contributed by atoms with E-state index in [0.29, 0.717) is 47.5 Å². The van der Waals surface area contributed by atoms with Crippen molar-refractivity contribution in [1.82, 2.24) is 15.1 Å². The molecule has 0 aromatic heterocycles. The number of hydrogen-bond acceptors (Lipinski definition) is 8. The number of morpholine rings is 1. The largest absolute Gasteiger partial charge is 0.496 e. The predicted molar refractivity (Wildman–Crippen MR) is 134 cm³/mol. The highest BCUT2D eigenvalue weighted by Crippen LogP contribution is 2.30. The second-order valence-corrected chi connectivity index (χ2v) is 10.1. The molecule has 0 aliphatic carbocycles. The minimum Gasteiger partial charge on any atom is -0.496 e. The molecule has 4 fully saturated rings. The number of hydrogen-bond donors (Lipinski definition) is 2. The predicted octanol–water partition coefficient (Wildman–Crippen LogP) is 2.17. The van der Waals surface area contributed by atoms with Crippen LogP contribution in [0.1, 0.15) is 42.5 Å². The Kier molecular flexibility index (Phi) is 9.10. The number of carbonyl (C=O) groups excluding carboxylic acids is 2. The number of carbonyl (C=O) groups is 2. The average Bonchev–Trinajstić information content (AvgIpc) is 2.87. The van der Waals surface area contributed by atoms with Crippen molar-refractivity contribution in [3.8, 4) is 5.75 Å². The van der Waals surface area contributed by atoms with E-state index in [1.807, 2.05) is 0 Å². The van der Waals surface area contributed by atoms with Gasteiger partial charge in [0, 0.05) is 38.7 Å². The number of amides is 1. The molecule has 1 unspecified atom stereocenters. The highest BCUT2D eigenvalue weighted by molar-refractivity contribution is 6.33. The lowest BCUT2D eigenvalue weighted by Crippen LogP contribution is -2.51. The number of anilines is 1. The molecule has 1 amide bonds. The Balaban J connectivity index is 1.14. The molecular weight excluding hydrogens is 472 g/mol. The fourth-order valence-electron chi connectivity index (χ4n) is 5.20. The van der Waals surface area contributed by atoms with E-state index < -0.39 is 0 Å². The fourth-order valence-corrected chi connectivity index (χ4v) is 5.36. The number of piperidine rings is 3. The van der Waals surface area contributed by atoms with Crippen LogP contribution in [0.5, 0.6) is 5.75 Å². The molecule has 10 heteroatoms. The molecular formula is C25H37ClN4O5. The molecule has 0 spiro atoms. The van der Waals surface area contributed by atoms with E-state index >= 15 is 0 Å². The van der Waals surface area contributed by atoms with Gasteiger partial charge in [0.25, 0.3) is 5.91 Å². The Morgan fingerprint density at radius 1 is 1.20 bits per heavy atom. The van der Waals surface area contributed by atoms with Gasteiger partial charge in [-0.1, -0.05) is 11.6 Å². The molecule has 0 radical (unpaired) electrons.